The first-order valence-electron chi connectivity index (χ1n) is 10.1. The second-order valence-electron chi connectivity index (χ2n) is 7.11. The second-order valence-corrected chi connectivity index (χ2v) is 7.11. The van der Waals surface area contributed by atoms with Crippen LogP contribution in [0.15, 0.2) is 24.3 Å². The Bertz CT molecular complexity index is 610. The van der Waals surface area contributed by atoms with E-state index in [0.717, 1.165) is 50.1 Å². The van der Waals surface area contributed by atoms with E-state index in [1.54, 1.807) is 0 Å². The van der Waals surface area contributed by atoms with Gasteiger partial charge in [0.1, 0.15) is 0 Å². The number of hydrogen-bond donors (Lipinski definition) is 1. The first kappa shape index (κ1) is 21.2. The van der Waals surface area contributed by atoms with Gasteiger partial charge in [-0.2, -0.15) is 0 Å². The van der Waals surface area contributed by atoms with Crippen molar-refractivity contribution in [3.8, 4) is 0 Å². The maximum absolute atomic E-state index is 12.8. The summed E-state index contributed by atoms with van der Waals surface area (Å²) < 4.78 is 0. The molecule has 1 N–H and O–H groups in total. The molecule has 0 spiro atoms. The van der Waals surface area contributed by atoms with Crippen molar-refractivity contribution in [2.45, 2.75) is 46.1 Å². The van der Waals surface area contributed by atoms with Crippen LogP contribution in [0.4, 0.5) is 5.69 Å². The molecule has 2 rings (SSSR count). The summed E-state index contributed by atoms with van der Waals surface area (Å²) in [6.07, 6.45) is 2.75. The van der Waals surface area contributed by atoms with Crippen molar-refractivity contribution in [1.82, 2.24) is 9.80 Å². The van der Waals surface area contributed by atoms with Crippen molar-refractivity contribution >= 4 is 17.6 Å². The Kier molecular flexibility index (Phi) is 8.10. The van der Waals surface area contributed by atoms with Crippen molar-refractivity contribution < 1.29 is 14.7 Å². The molecule has 1 saturated heterocycles. The number of piperidine rings is 1. The predicted molar refractivity (Wildman–Crippen MR) is 108 cm³/mol. The molecule has 0 radical (unpaired) electrons. The molecule has 1 heterocycles. The Hall–Kier alpha value is -2.08. The molecule has 6 heteroatoms. The first-order valence-corrected chi connectivity index (χ1v) is 10.1. The van der Waals surface area contributed by atoms with Gasteiger partial charge < -0.3 is 14.9 Å². The first-order chi connectivity index (χ1) is 13.0. The van der Waals surface area contributed by atoms with E-state index in [2.05, 4.69) is 18.7 Å². The van der Waals surface area contributed by atoms with Crippen LogP contribution in [0.3, 0.4) is 0 Å². The molecule has 0 unspecified atom stereocenters. The maximum Gasteiger partial charge on any atom is 0.317 e. The Morgan fingerprint density at radius 3 is 2.19 bits per heavy atom. The van der Waals surface area contributed by atoms with Gasteiger partial charge in [-0.15, -0.1) is 0 Å². The number of likely N-dealkylation sites (N-methyl/N-ethyl adjacent to an activating group) is 1. The summed E-state index contributed by atoms with van der Waals surface area (Å²) in [6.45, 7) is 10.4. The fourth-order valence-corrected chi connectivity index (χ4v) is 3.84. The minimum atomic E-state index is -0.792. The Morgan fingerprint density at radius 1 is 1.07 bits per heavy atom. The minimum absolute atomic E-state index is 0.0693. The number of hydrogen-bond acceptors (Lipinski definition) is 4. The van der Waals surface area contributed by atoms with Gasteiger partial charge in [-0.1, -0.05) is 13.8 Å². The molecule has 1 aromatic carbocycles. The van der Waals surface area contributed by atoms with E-state index >= 15 is 0 Å². The number of carbonyl (C=O) groups excluding carboxylic acids is 1. The van der Waals surface area contributed by atoms with Crippen LogP contribution in [0.25, 0.3) is 0 Å². The van der Waals surface area contributed by atoms with E-state index in [0.29, 0.717) is 13.1 Å². The Balaban J connectivity index is 1.94. The highest BCUT2D eigenvalue weighted by Gasteiger charge is 2.27. The summed E-state index contributed by atoms with van der Waals surface area (Å²) in [4.78, 5) is 30.0. The van der Waals surface area contributed by atoms with Crippen LogP contribution in [-0.2, 0) is 4.79 Å². The number of benzene rings is 1. The van der Waals surface area contributed by atoms with Crippen LogP contribution in [0.1, 0.15) is 50.4 Å². The zero-order valence-corrected chi connectivity index (χ0v) is 16.9. The molecule has 0 saturated carbocycles. The minimum Gasteiger partial charge on any atom is -0.480 e. The lowest BCUT2D eigenvalue weighted by Gasteiger charge is -2.37. The van der Waals surface area contributed by atoms with Gasteiger partial charge in [-0.3, -0.25) is 14.5 Å². The topological polar surface area (TPSA) is 64.1 Å². The van der Waals surface area contributed by atoms with Crippen LogP contribution in [0.5, 0.6) is 0 Å². The summed E-state index contributed by atoms with van der Waals surface area (Å²) in [5, 5.41) is 9.04. The van der Waals surface area contributed by atoms with Gasteiger partial charge in [0.05, 0.1) is 6.54 Å². The monoisotopic (exact) mass is 375 g/mol. The average Bonchev–Trinajstić information content (AvgIpc) is 2.70. The summed E-state index contributed by atoms with van der Waals surface area (Å²) in [5.74, 6) is -0.723. The van der Waals surface area contributed by atoms with Crippen molar-refractivity contribution in [2.24, 2.45) is 0 Å². The van der Waals surface area contributed by atoms with E-state index in [1.807, 2.05) is 41.0 Å². The molecule has 6 nitrogen and oxygen atoms in total. The molecule has 0 aliphatic carbocycles. The molecule has 0 atom stereocenters. The van der Waals surface area contributed by atoms with Gasteiger partial charge in [0, 0.05) is 43.5 Å². The number of nitrogens with zero attached hydrogens (tertiary/aromatic N) is 3. The number of carboxylic acid groups (broad SMARTS) is 1. The molecule has 1 aliphatic rings. The standard InChI is InChI=1S/C21H33N3O3/c1-4-13-22(5-2)18-9-7-17(8-10-18)21(27)24-14-11-19(12-15-24)23(6-3)16-20(25)26/h7-10,19H,4-6,11-16H2,1-3H3,(H,25,26). The summed E-state index contributed by atoms with van der Waals surface area (Å²) >= 11 is 0. The van der Waals surface area contributed by atoms with Gasteiger partial charge in [0.15, 0.2) is 0 Å². The van der Waals surface area contributed by atoms with E-state index in [4.69, 9.17) is 5.11 Å². The molecule has 1 aromatic rings. The number of rotatable bonds is 9. The smallest absolute Gasteiger partial charge is 0.317 e. The van der Waals surface area contributed by atoms with E-state index in [-0.39, 0.29) is 18.5 Å². The van der Waals surface area contributed by atoms with Crippen molar-refractivity contribution in [1.29, 1.82) is 0 Å². The number of anilines is 1. The van der Waals surface area contributed by atoms with Crippen molar-refractivity contribution in [2.75, 3.05) is 44.2 Å². The number of carbonyl (C=O) groups is 2. The molecule has 0 bridgehead atoms. The molecule has 150 valence electrons. The third-order valence-corrected chi connectivity index (χ3v) is 5.37. The predicted octanol–water partition coefficient (Wildman–Crippen LogP) is 2.93. The van der Waals surface area contributed by atoms with E-state index in [9.17, 15) is 9.59 Å². The number of carboxylic acids is 1. The molecular formula is C21H33N3O3. The molecule has 1 aliphatic heterocycles. The quantitative estimate of drug-likeness (QED) is 0.719. The van der Waals surface area contributed by atoms with E-state index < -0.39 is 5.97 Å². The Labute approximate surface area is 162 Å². The molecule has 0 aromatic heterocycles. The fourth-order valence-electron chi connectivity index (χ4n) is 3.84. The van der Waals surface area contributed by atoms with Gasteiger partial charge in [-0.05, 0) is 57.0 Å². The fraction of sp³-hybridized carbons (Fsp3) is 0.619. The second kappa shape index (κ2) is 10.3. The highest BCUT2D eigenvalue weighted by Crippen LogP contribution is 2.20. The van der Waals surface area contributed by atoms with Crippen LogP contribution in [0.2, 0.25) is 0 Å². The SMILES string of the molecule is CCCN(CC)c1ccc(C(=O)N2CCC(N(CC)CC(=O)O)CC2)cc1. The van der Waals surface area contributed by atoms with Gasteiger partial charge >= 0.3 is 5.97 Å². The van der Waals surface area contributed by atoms with Gasteiger partial charge in [-0.25, -0.2) is 0 Å². The highest BCUT2D eigenvalue weighted by atomic mass is 16.4. The molecular weight excluding hydrogens is 342 g/mol. The van der Waals surface area contributed by atoms with Gasteiger partial charge in [0.25, 0.3) is 5.91 Å². The summed E-state index contributed by atoms with van der Waals surface area (Å²) in [7, 11) is 0. The van der Waals surface area contributed by atoms with E-state index in [1.165, 1.54) is 0 Å². The van der Waals surface area contributed by atoms with Crippen LogP contribution >= 0.6 is 0 Å². The number of likely N-dealkylation sites (tertiary alicyclic amines) is 1. The molecule has 1 amide bonds. The largest absolute Gasteiger partial charge is 0.480 e. The lowest BCUT2D eigenvalue weighted by molar-refractivity contribution is -0.139. The Morgan fingerprint density at radius 2 is 1.70 bits per heavy atom. The van der Waals surface area contributed by atoms with Crippen molar-refractivity contribution in [3.05, 3.63) is 29.8 Å². The maximum atomic E-state index is 12.8. The summed E-state index contributed by atoms with van der Waals surface area (Å²) in [6, 6.07) is 8.15. The average molecular weight is 376 g/mol. The number of amides is 1. The van der Waals surface area contributed by atoms with Crippen LogP contribution in [-0.4, -0.2) is 72.1 Å². The third-order valence-electron chi connectivity index (χ3n) is 5.37. The van der Waals surface area contributed by atoms with Crippen LogP contribution in [0, 0.1) is 0 Å². The van der Waals surface area contributed by atoms with Crippen molar-refractivity contribution in [3.63, 3.8) is 0 Å². The highest BCUT2D eigenvalue weighted by molar-refractivity contribution is 5.94. The third kappa shape index (κ3) is 5.70. The molecule has 1 fully saturated rings. The number of aliphatic carboxylic acids is 1. The zero-order chi connectivity index (χ0) is 19.8. The summed E-state index contributed by atoms with van der Waals surface area (Å²) in [5.41, 5.74) is 1.88. The lowest BCUT2D eigenvalue weighted by atomic mass is 10.0. The lowest BCUT2D eigenvalue weighted by Crippen LogP contribution is -2.48. The normalized spacial score (nSPS) is 15.2. The van der Waals surface area contributed by atoms with Crippen LogP contribution < -0.4 is 4.90 Å². The molecule has 27 heavy (non-hydrogen) atoms. The zero-order valence-electron chi connectivity index (χ0n) is 16.9. The van der Waals surface area contributed by atoms with Gasteiger partial charge in [0.2, 0.25) is 0 Å².